The van der Waals surface area contributed by atoms with E-state index < -0.39 is 16.8 Å². The van der Waals surface area contributed by atoms with E-state index in [1.807, 2.05) is 19.1 Å². The molecular weight excluding hydrogens is 540 g/mol. The van der Waals surface area contributed by atoms with Gasteiger partial charge >= 0.3 is 5.97 Å². The Morgan fingerprint density at radius 2 is 1.57 bits per heavy atom. The average molecular weight is 567 g/mol. The van der Waals surface area contributed by atoms with Crippen LogP contribution in [0.4, 0.5) is 11.4 Å². The van der Waals surface area contributed by atoms with Gasteiger partial charge in [0.05, 0.1) is 23.3 Å². The molecule has 4 rings (SSSR count). The number of amides is 2. The van der Waals surface area contributed by atoms with E-state index in [-0.39, 0.29) is 40.8 Å². The molecule has 0 aromatic heterocycles. The Morgan fingerprint density at radius 3 is 2.26 bits per heavy atom. The van der Waals surface area contributed by atoms with Gasteiger partial charge in [-0.1, -0.05) is 23.8 Å². The van der Waals surface area contributed by atoms with Crippen LogP contribution >= 0.6 is 0 Å². The van der Waals surface area contributed by atoms with Crippen LogP contribution in [0.25, 0.3) is 0 Å². The van der Waals surface area contributed by atoms with Gasteiger partial charge in [-0.25, -0.2) is 10.2 Å². The quantitative estimate of drug-likeness (QED) is 0.0842. The molecule has 0 saturated carbocycles. The molecule has 0 fully saturated rings. The van der Waals surface area contributed by atoms with Gasteiger partial charge in [-0.15, -0.1) is 0 Å². The first-order chi connectivity index (χ1) is 20.2. The molecule has 0 heterocycles. The van der Waals surface area contributed by atoms with Crippen molar-refractivity contribution in [2.24, 2.45) is 5.10 Å². The highest BCUT2D eigenvalue weighted by Gasteiger charge is 2.15. The molecule has 42 heavy (non-hydrogen) atoms. The summed E-state index contributed by atoms with van der Waals surface area (Å²) in [5.74, 6) is -1.09. The van der Waals surface area contributed by atoms with E-state index in [1.165, 1.54) is 42.6 Å². The van der Waals surface area contributed by atoms with Crippen LogP contribution in [0.2, 0.25) is 0 Å². The molecule has 4 aromatic carbocycles. The van der Waals surface area contributed by atoms with E-state index in [2.05, 4.69) is 15.8 Å². The van der Waals surface area contributed by atoms with Crippen molar-refractivity contribution in [3.63, 3.8) is 0 Å². The van der Waals surface area contributed by atoms with E-state index in [4.69, 9.17) is 9.47 Å². The third kappa shape index (κ3) is 7.63. The summed E-state index contributed by atoms with van der Waals surface area (Å²) in [6.07, 6.45) is 1.39. The van der Waals surface area contributed by atoms with Crippen molar-refractivity contribution >= 4 is 35.4 Å². The van der Waals surface area contributed by atoms with Crippen molar-refractivity contribution in [2.75, 3.05) is 11.9 Å². The minimum Gasteiger partial charge on any atom is -0.490 e. The van der Waals surface area contributed by atoms with Crippen molar-refractivity contribution in [3.8, 4) is 11.5 Å². The minimum atomic E-state index is -0.711. The Balaban J connectivity index is 1.39. The molecule has 0 aliphatic heterocycles. The number of ether oxygens (including phenoxy) is 2. The van der Waals surface area contributed by atoms with Crippen LogP contribution in [0.15, 0.2) is 96.1 Å². The zero-order valence-corrected chi connectivity index (χ0v) is 22.7. The van der Waals surface area contributed by atoms with Crippen molar-refractivity contribution in [1.29, 1.82) is 0 Å². The summed E-state index contributed by atoms with van der Waals surface area (Å²) in [6, 6.07) is 23.3. The largest absolute Gasteiger partial charge is 0.490 e. The summed E-state index contributed by atoms with van der Waals surface area (Å²) in [5.41, 5.74) is 5.27. The number of carbonyl (C=O) groups excluding carboxylic acids is 3. The van der Waals surface area contributed by atoms with E-state index in [0.717, 1.165) is 5.56 Å². The monoisotopic (exact) mass is 566 g/mol. The summed E-state index contributed by atoms with van der Waals surface area (Å²) in [7, 11) is 0. The number of hydrogen-bond donors (Lipinski definition) is 2. The highest BCUT2D eigenvalue weighted by atomic mass is 16.6. The number of non-ortho nitro benzene ring substituents is 1. The van der Waals surface area contributed by atoms with Crippen LogP contribution in [0.5, 0.6) is 11.5 Å². The van der Waals surface area contributed by atoms with E-state index >= 15 is 0 Å². The fourth-order valence-electron chi connectivity index (χ4n) is 3.71. The van der Waals surface area contributed by atoms with Crippen molar-refractivity contribution in [1.82, 2.24) is 5.43 Å². The number of benzene rings is 4. The highest BCUT2D eigenvalue weighted by molar-refractivity contribution is 6.05. The fourth-order valence-corrected chi connectivity index (χ4v) is 3.71. The molecule has 212 valence electrons. The number of nitro benzene ring substituents is 1. The number of aryl methyl sites for hydroxylation is 1. The van der Waals surface area contributed by atoms with Gasteiger partial charge in [0.25, 0.3) is 17.5 Å². The molecule has 2 N–H and O–H groups in total. The number of nitrogens with one attached hydrogen (secondary N) is 2. The molecule has 0 aliphatic carbocycles. The number of rotatable bonds is 10. The molecule has 11 heteroatoms. The molecule has 0 unspecified atom stereocenters. The van der Waals surface area contributed by atoms with Crippen molar-refractivity contribution < 1.29 is 28.8 Å². The first kappa shape index (κ1) is 29.2. The summed E-state index contributed by atoms with van der Waals surface area (Å²) in [4.78, 5) is 48.0. The Hall–Kier alpha value is -5.84. The number of nitrogens with zero attached hydrogens (tertiary/aromatic N) is 2. The Bertz CT molecular complexity index is 1650. The summed E-state index contributed by atoms with van der Waals surface area (Å²) >= 11 is 0. The van der Waals surface area contributed by atoms with Crippen molar-refractivity contribution in [3.05, 3.63) is 129 Å². The first-order valence-corrected chi connectivity index (χ1v) is 12.8. The molecule has 0 bridgehead atoms. The zero-order valence-electron chi connectivity index (χ0n) is 22.7. The van der Waals surface area contributed by atoms with Crippen LogP contribution in [0.1, 0.15) is 49.1 Å². The van der Waals surface area contributed by atoms with E-state index in [9.17, 15) is 24.5 Å². The molecule has 0 saturated heterocycles. The van der Waals surface area contributed by atoms with Gasteiger partial charge in [-0.3, -0.25) is 19.7 Å². The lowest BCUT2D eigenvalue weighted by atomic mass is 10.1. The van der Waals surface area contributed by atoms with Gasteiger partial charge in [-0.05, 0) is 80.1 Å². The van der Waals surface area contributed by atoms with Crippen LogP contribution in [-0.4, -0.2) is 35.5 Å². The van der Waals surface area contributed by atoms with Crippen LogP contribution < -0.4 is 20.2 Å². The predicted octanol–water partition coefficient (Wildman–Crippen LogP) is 5.54. The van der Waals surface area contributed by atoms with Crippen LogP contribution in [0, 0.1) is 17.0 Å². The number of anilines is 1. The van der Waals surface area contributed by atoms with Crippen molar-refractivity contribution in [2.45, 2.75) is 13.8 Å². The summed E-state index contributed by atoms with van der Waals surface area (Å²) in [5, 5.41) is 17.6. The molecule has 0 aliphatic rings. The second-order valence-electron chi connectivity index (χ2n) is 8.93. The highest BCUT2D eigenvalue weighted by Crippen LogP contribution is 2.29. The molecule has 4 aromatic rings. The predicted molar refractivity (Wildman–Crippen MR) is 156 cm³/mol. The first-order valence-electron chi connectivity index (χ1n) is 12.8. The van der Waals surface area contributed by atoms with Gasteiger partial charge in [0.1, 0.15) is 0 Å². The topological polar surface area (TPSA) is 149 Å². The number of hydrazone groups is 1. The third-order valence-electron chi connectivity index (χ3n) is 5.86. The summed E-state index contributed by atoms with van der Waals surface area (Å²) in [6.45, 7) is 3.99. The second kappa shape index (κ2) is 13.5. The number of hydrogen-bond acceptors (Lipinski definition) is 8. The SMILES string of the molecule is CCOc1cc(C=NNC(=O)c2cccc(NC(=O)c3ccc(C)cc3)c2)ccc1OC(=O)c1ccc([N+](=O)[O-])cc1. The standard InChI is InChI=1S/C31H26N4O7/c1-3-41-28-17-21(9-16-27(28)42-31(38)23-12-14-26(15-13-23)35(39)40)19-32-34-30(37)24-5-4-6-25(18-24)33-29(36)22-10-7-20(2)8-11-22/h4-19H,3H2,1-2H3,(H,33,36)(H,34,37). The van der Waals surface area contributed by atoms with Crippen LogP contribution in [0.3, 0.4) is 0 Å². The molecule has 0 spiro atoms. The summed E-state index contributed by atoms with van der Waals surface area (Å²) < 4.78 is 11.0. The maximum Gasteiger partial charge on any atom is 0.343 e. The second-order valence-corrected chi connectivity index (χ2v) is 8.93. The molecule has 0 atom stereocenters. The molecule has 11 nitrogen and oxygen atoms in total. The normalized spacial score (nSPS) is 10.6. The average Bonchev–Trinajstić information content (AvgIpc) is 2.99. The van der Waals surface area contributed by atoms with Gasteiger partial charge < -0.3 is 14.8 Å². The lowest BCUT2D eigenvalue weighted by Crippen LogP contribution is -2.18. The molecule has 2 amide bonds. The van der Waals surface area contributed by atoms with Gasteiger partial charge in [-0.2, -0.15) is 5.10 Å². The number of esters is 1. The van der Waals surface area contributed by atoms with Gasteiger partial charge in [0.15, 0.2) is 11.5 Å². The van der Waals surface area contributed by atoms with E-state index in [0.29, 0.717) is 16.8 Å². The lowest BCUT2D eigenvalue weighted by molar-refractivity contribution is -0.384. The van der Waals surface area contributed by atoms with E-state index in [1.54, 1.807) is 49.4 Å². The van der Waals surface area contributed by atoms with Gasteiger partial charge in [0.2, 0.25) is 0 Å². The van der Waals surface area contributed by atoms with Gasteiger partial charge in [0, 0.05) is 28.9 Å². The Labute approximate surface area is 240 Å². The Morgan fingerprint density at radius 1 is 0.857 bits per heavy atom. The molecular formula is C31H26N4O7. The minimum absolute atomic E-state index is 0.134. The zero-order chi connectivity index (χ0) is 30.1. The Kier molecular flexibility index (Phi) is 9.36. The maximum atomic E-state index is 12.7. The number of nitro groups is 1. The molecule has 0 radical (unpaired) electrons. The van der Waals surface area contributed by atoms with Crippen LogP contribution in [-0.2, 0) is 0 Å². The lowest BCUT2D eigenvalue weighted by Gasteiger charge is -2.11. The third-order valence-corrected chi connectivity index (χ3v) is 5.86. The number of carbonyl (C=O) groups is 3. The fraction of sp³-hybridized carbons (Fsp3) is 0.0968. The smallest absolute Gasteiger partial charge is 0.343 e. The maximum absolute atomic E-state index is 12.7.